The predicted molar refractivity (Wildman–Crippen MR) is 145 cm³/mol. The number of rotatable bonds is 10. The maximum Gasteiger partial charge on any atom is 0.321 e. The van der Waals surface area contributed by atoms with E-state index in [1.54, 1.807) is 6.20 Å². The molecule has 2 fully saturated rings. The van der Waals surface area contributed by atoms with Crippen molar-refractivity contribution in [2.75, 3.05) is 42.1 Å². The van der Waals surface area contributed by atoms with E-state index >= 15 is 0 Å². The third-order valence-corrected chi connectivity index (χ3v) is 7.38. The lowest BCUT2D eigenvalue weighted by Crippen LogP contribution is -2.48. The van der Waals surface area contributed by atoms with E-state index in [1.165, 1.54) is 0 Å². The van der Waals surface area contributed by atoms with Gasteiger partial charge in [0.15, 0.2) is 0 Å². The van der Waals surface area contributed by atoms with Crippen molar-refractivity contribution >= 4 is 56.9 Å². The van der Waals surface area contributed by atoms with Gasteiger partial charge < -0.3 is 31.9 Å². The highest BCUT2D eigenvalue weighted by atomic mass is 79.9. The van der Waals surface area contributed by atoms with Crippen LogP contribution in [0.4, 0.5) is 27.9 Å². The summed E-state index contributed by atoms with van der Waals surface area (Å²) >= 11 is 3.46. The van der Waals surface area contributed by atoms with E-state index in [9.17, 15) is 14.4 Å². The Balaban J connectivity index is 1.27. The number of nitrogens with zero attached hydrogens (tertiary/aromatic N) is 3. The molecule has 0 radical (unpaired) electrons. The van der Waals surface area contributed by atoms with Gasteiger partial charge in [0.05, 0.1) is 4.47 Å². The second kappa shape index (κ2) is 12.2. The Kier molecular flexibility index (Phi) is 8.80. The molecule has 1 aromatic carbocycles. The molecule has 1 saturated heterocycles. The van der Waals surface area contributed by atoms with E-state index in [-0.39, 0.29) is 11.9 Å². The Bertz CT molecular complexity index is 1130. The number of carbonyl (C=O) groups excluding carboxylic acids is 3. The van der Waals surface area contributed by atoms with Crippen LogP contribution in [0.5, 0.6) is 0 Å². The molecule has 6 N–H and O–H groups in total. The van der Waals surface area contributed by atoms with E-state index in [1.807, 2.05) is 29.2 Å². The largest absolute Gasteiger partial charge is 0.369 e. The normalized spacial score (nSPS) is 16.3. The molecule has 198 valence electrons. The second-order valence-electron chi connectivity index (χ2n) is 9.41. The molecule has 1 aromatic heterocycles. The monoisotopic (exact) mass is 572 g/mol. The van der Waals surface area contributed by atoms with Crippen molar-refractivity contribution < 1.29 is 14.4 Å². The van der Waals surface area contributed by atoms with Crippen LogP contribution in [0.2, 0.25) is 0 Å². The van der Waals surface area contributed by atoms with Crippen LogP contribution in [-0.2, 0) is 9.59 Å². The Morgan fingerprint density at radius 2 is 1.78 bits per heavy atom. The first-order valence-corrected chi connectivity index (χ1v) is 13.4. The molecular formula is C25H33BrN8O3. The zero-order chi connectivity index (χ0) is 26.3. The fraction of sp³-hybridized carbons (Fsp3) is 0.480. The molecule has 2 aromatic rings. The van der Waals surface area contributed by atoms with Crippen LogP contribution >= 0.6 is 15.9 Å². The van der Waals surface area contributed by atoms with E-state index < -0.39 is 11.3 Å². The minimum Gasteiger partial charge on any atom is -0.369 e. The summed E-state index contributed by atoms with van der Waals surface area (Å²) in [6, 6.07) is 7.30. The standard InChI is InChI=1S/C25H33BrN8O3/c26-19-16-30-23(31-17-7-5-8-18(15-17)32-24(37)34-13-3-4-14-34)33-20(19)28-11-6-12-29-22(36)25(21(27)35)9-1-2-10-25/h5,7-8,15-16H,1-4,6,9-14H2,(H2,27,35)(H,29,36)(H,32,37)(H2,28,30,31,33). The molecule has 0 atom stereocenters. The van der Waals surface area contributed by atoms with Crippen molar-refractivity contribution in [2.45, 2.75) is 44.9 Å². The van der Waals surface area contributed by atoms with Crippen molar-refractivity contribution in [1.82, 2.24) is 20.2 Å². The molecule has 1 aliphatic heterocycles. The maximum atomic E-state index is 12.6. The highest BCUT2D eigenvalue weighted by molar-refractivity contribution is 9.10. The molecule has 0 spiro atoms. The van der Waals surface area contributed by atoms with Gasteiger partial charge in [-0.25, -0.2) is 9.78 Å². The fourth-order valence-corrected chi connectivity index (χ4v) is 5.04. The van der Waals surface area contributed by atoms with Crippen molar-refractivity contribution in [3.05, 3.63) is 34.9 Å². The summed E-state index contributed by atoms with van der Waals surface area (Å²) in [7, 11) is 0. The van der Waals surface area contributed by atoms with Crippen LogP contribution in [0.3, 0.4) is 0 Å². The molecule has 2 heterocycles. The van der Waals surface area contributed by atoms with Gasteiger partial charge in [0.1, 0.15) is 11.2 Å². The first-order valence-electron chi connectivity index (χ1n) is 12.6. The number of likely N-dealkylation sites (tertiary alicyclic amines) is 1. The van der Waals surface area contributed by atoms with Crippen molar-refractivity contribution in [2.24, 2.45) is 11.1 Å². The third-order valence-electron chi connectivity index (χ3n) is 6.80. The molecule has 11 nitrogen and oxygen atoms in total. The average Bonchev–Trinajstić information content (AvgIpc) is 3.59. The van der Waals surface area contributed by atoms with Gasteiger partial charge in [-0.2, -0.15) is 4.98 Å². The molecule has 0 bridgehead atoms. The molecule has 4 rings (SSSR count). The van der Waals surface area contributed by atoms with Gasteiger partial charge in [-0.3, -0.25) is 9.59 Å². The van der Waals surface area contributed by atoms with E-state index in [0.717, 1.165) is 44.5 Å². The average molecular weight is 573 g/mol. The first-order chi connectivity index (χ1) is 17.9. The van der Waals surface area contributed by atoms with E-state index in [2.05, 4.69) is 47.2 Å². The minimum atomic E-state index is -1.06. The summed E-state index contributed by atoms with van der Waals surface area (Å²) in [5, 5.41) is 12.2. The van der Waals surface area contributed by atoms with Gasteiger partial charge >= 0.3 is 6.03 Å². The van der Waals surface area contributed by atoms with Crippen molar-refractivity contribution in [3.8, 4) is 0 Å². The smallest absolute Gasteiger partial charge is 0.321 e. The molecule has 2 aliphatic rings. The van der Waals surface area contributed by atoms with E-state index in [4.69, 9.17) is 5.73 Å². The minimum absolute atomic E-state index is 0.0924. The Morgan fingerprint density at radius 1 is 1.05 bits per heavy atom. The van der Waals surface area contributed by atoms with Crippen LogP contribution in [0.25, 0.3) is 0 Å². The lowest BCUT2D eigenvalue weighted by Gasteiger charge is -2.23. The number of amides is 4. The zero-order valence-corrected chi connectivity index (χ0v) is 22.3. The number of nitrogens with two attached hydrogens (primary N) is 1. The summed E-state index contributed by atoms with van der Waals surface area (Å²) < 4.78 is 0.701. The van der Waals surface area contributed by atoms with Gasteiger partial charge in [-0.15, -0.1) is 0 Å². The van der Waals surface area contributed by atoms with Crippen molar-refractivity contribution in [1.29, 1.82) is 0 Å². The number of anilines is 4. The highest BCUT2D eigenvalue weighted by Crippen LogP contribution is 2.38. The zero-order valence-electron chi connectivity index (χ0n) is 20.7. The fourth-order valence-electron chi connectivity index (χ4n) is 4.71. The van der Waals surface area contributed by atoms with Gasteiger partial charge in [0.2, 0.25) is 17.8 Å². The second-order valence-corrected chi connectivity index (χ2v) is 10.3. The number of carbonyl (C=O) groups is 3. The molecule has 1 aliphatic carbocycles. The number of hydrogen-bond acceptors (Lipinski definition) is 7. The number of urea groups is 1. The SMILES string of the molecule is NC(=O)C1(C(=O)NCCCNc2nc(Nc3cccc(NC(=O)N4CCCC4)c3)ncc2Br)CCCC1. The molecule has 37 heavy (non-hydrogen) atoms. The lowest BCUT2D eigenvalue weighted by molar-refractivity contribution is -0.141. The van der Waals surface area contributed by atoms with Crippen molar-refractivity contribution in [3.63, 3.8) is 0 Å². The van der Waals surface area contributed by atoms with Gasteiger partial charge in [-0.05, 0) is 66.2 Å². The Morgan fingerprint density at radius 3 is 2.51 bits per heavy atom. The number of aromatic nitrogens is 2. The van der Waals surface area contributed by atoms with Crippen LogP contribution in [0.15, 0.2) is 34.9 Å². The van der Waals surface area contributed by atoms with Crippen LogP contribution < -0.4 is 27.0 Å². The Hall–Kier alpha value is -3.41. The maximum absolute atomic E-state index is 12.6. The quantitative estimate of drug-likeness (QED) is 0.215. The number of nitrogens with one attached hydrogen (secondary N) is 4. The Labute approximate surface area is 224 Å². The first kappa shape index (κ1) is 26.6. The number of benzene rings is 1. The number of hydrogen-bond donors (Lipinski definition) is 5. The predicted octanol–water partition coefficient (Wildman–Crippen LogP) is 3.57. The van der Waals surface area contributed by atoms with Gasteiger partial charge in [0.25, 0.3) is 0 Å². The highest BCUT2D eigenvalue weighted by Gasteiger charge is 2.46. The summed E-state index contributed by atoms with van der Waals surface area (Å²) in [5.41, 5.74) is 5.90. The number of primary amides is 1. The van der Waals surface area contributed by atoms with Gasteiger partial charge in [0, 0.05) is 43.8 Å². The molecule has 12 heteroatoms. The van der Waals surface area contributed by atoms with Crippen LogP contribution in [-0.4, -0.2) is 58.9 Å². The van der Waals surface area contributed by atoms with Crippen LogP contribution in [0, 0.1) is 5.41 Å². The van der Waals surface area contributed by atoms with Crippen LogP contribution in [0.1, 0.15) is 44.9 Å². The molecular weight excluding hydrogens is 540 g/mol. The molecule has 1 saturated carbocycles. The molecule has 0 unspecified atom stereocenters. The van der Waals surface area contributed by atoms with Gasteiger partial charge in [-0.1, -0.05) is 18.9 Å². The summed E-state index contributed by atoms with van der Waals surface area (Å²) in [6.07, 6.45) is 7.08. The molecule has 4 amide bonds. The summed E-state index contributed by atoms with van der Waals surface area (Å²) in [6.45, 7) is 2.54. The third kappa shape index (κ3) is 6.68. The number of halogens is 1. The van der Waals surface area contributed by atoms with E-state index in [0.29, 0.717) is 54.3 Å². The topological polar surface area (TPSA) is 154 Å². The summed E-state index contributed by atoms with van der Waals surface area (Å²) in [5.74, 6) is 0.189. The lowest BCUT2D eigenvalue weighted by atomic mass is 9.84. The summed E-state index contributed by atoms with van der Waals surface area (Å²) in [4.78, 5) is 47.5.